The van der Waals surface area contributed by atoms with Gasteiger partial charge in [-0.1, -0.05) is 50.6 Å². The van der Waals surface area contributed by atoms with E-state index < -0.39 is 11.7 Å². The number of amides is 2. The molecule has 0 bridgehead atoms. The van der Waals surface area contributed by atoms with Gasteiger partial charge in [-0.2, -0.15) is 0 Å². The van der Waals surface area contributed by atoms with Crippen molar-refractivity contribution < 1.29 is 14.0 Å². The average Bonchev–Trinajstić information content (AvgIpc) is 2.69. The molecule has 0 saturated carbocycles. The molecule has 0 aliphatic heterocycles. The van der Waals surface area contributed by atoms with E-state index in [4.69, 9.17) is 11.6 Å². The number of benzene rings is 1. The molecule has 1 aromatic rings. The van der Waals surface area contributed by atoms with Crippen LogP contribution in [0.4, 0.5) is 10.1 Å². The number of carbonyl (C=O) groups excluding carboxylic acids is 2. The molecule has 2 N–H and O–H groups in total. The van der Waals surface area contributed by atoms with Crippen LogP contribution < -0.4 is 10.6 Å². The number of anilines is 1. The Morgan fingerprint density at radius 2 is 1.64 bits per heavy atom. The highest BCUT2D eigenvalue weighted by Gasteiger charge is 2.24. The van der Waals surface area contributed by atoms with Gasteiger partial charge in [-0.15, -0.1) is 0 Å². The molecular formula is C22H30ClFN2O2. The average molecular weight is 409 g/mol. The Bertz CT molecular complexity index is 718. The quantitative estimate of drug-likeness (QED) is 0.483. The maximum Gasteiger partial charge on any atom is 0.252 e. The Hall–Kier alpha value is -1.88. The number of hydrogen-bond acceptors (Lipinski definition) is 2. The van der Waals surface area contributed by atoms with Crippen LogP contribution in [0.5, 0.6) is 0 Å². The molecule has 0 unspecified atom stereocenters. The highest BCUT2D eigenvalue weighted by molar-refractivity contribution is 6.30. The van der Waals surface area contributed by atoms with Crippen LogP contribution in [0.1, 0.15) is 71.1 Å². The van der Waals surface area contributed by atoms with Crippen molar-refractivity contribution in [3.8, 4) is 0 Å². The zero-order valence-electron chi connectivity index (χ0n) is 16.6. The van der Waals surface area contributed by atoms with Crippen molar-refractivity contribution in [3.05, 3.63) is 40.2 Å². The standard InChI is InChI=1S/C22H30ClFN2O2/c1-2-3-4-5-6-9-14-25-21(27)17-10-7-8-11-18(17)22(28)26-20-13-12-16(23)15-19(20)24/h12-13,15H,2-11,14H2,1H3,(H,25,27)(H,26,28). The molecule has 4 nitrogen and oxygen atoms in total. The van der Waals surface area contributed by atoms with Crippen LogP contribution in [0, 0.1) is 5.82 Å². The Kier molecular flexibility index (Phi) is 9.48. The normalized spacial score (nSPS) is 14.1. The van der Waals surface area contributed by atoms with Crippen LogP contribution in [-0.2, 0) is 9.59 Å². The highest BCUT2D eigenvalue weighted by atomic mass is 35.5. The van der Waals surface area contributed by atoms with Crippen molar-refractivity contribution in [2.75, 3.05) is 11.9 Å². The minimum absolute atomic E-state index is 0.0688. The van der Waals surface area contributed by atoms with Gasteiger partial charge in [0.15, 0.2) is 0 Å². The maximum atomic E-state index is 14.0. The molecule has 0 atom stereocenters. The summed E-state index contributed by atoms with van der Waals surface area (Å²) < 4.78 is 14.0. The molecule has 0 saturated heterocycles. The topological polar surface area (TPSA) is 58.2 Å². The van der Waals surface area contributed by atoms with E-state index in [9.17, 15) is 14.0 Å². The van der Waals surface area contributed by atoms with Crippen molar-refractivity contribution in [2.45, 2.75) is 71.1 Å². The van der Waals surface area contributed by atoms with E-state index >= 15 is 0 Å². The number of nitrogens with one attached hydrogen (secondary N) is 2. The van der Waals surface area contributed by atoms with Crippen LogP contribution in [0.25, 0.3) is 0 Å². The maximum absolute atomic E-state index is 14.0. The van der Waals surface area contributed by atoms with Gasteiger partial charge in [0.1, 0.15) is 5.82 Å². The van der Waals surface area contributed by atoms with Crippen LogP contribution >= 0.6 is 11.6 Å². The lowest BCUT2D eigenvalue weighted by Crippen LogP contribution is -2.30. The Morgan fingerprint density at radius 3 is 2.32 bits per heavy atom. The fourth-order valence-corrected chi connectivity index (χ4v) is 3.57. The van der Waals surface area contributed by atoms with Crippen molar-refractivity contribution in [3.63, 3.8) is 0 Å². The number of unbranched alkanes of at least 4 members (excludes halogenated alkanes) is 5. The number of hydrogen-bond donors (Lipinski definition) is 2. The minimum atomic E-state index is -0.591. The Morgan fingerprint density at radius 1 is 1.00 bits per heavy atom. The lowest BCUT2D eigenvalue weighted by molar-refractivity contribution is -0.119. The van der Waals surface area contributed by atoms with E-state index in [0.29, 0.717) is 30.5 Å². The van der Waals surface area contributed by atoms with Gasteiger partial charge in [0, 0.05) is 22.7 Å². The van der Waals surface area contributed by atoms with E-state index in [1.54, 1.807) is 0 Å². The summed E-state index contributed by atoms with van der Waals surface area (Å²) in [5, 5.41) is 5.79. The van der Waals surface area contributed by atoms with Gasteiger partial charge < -0.3 is 10.6 Å². The van der Waals surface area contributed by atoms with E-state index in [1.165, 1.54) is 37.8 Å². The summed E-state index contributed by atoms with van der Waals surface area (Å²) in [6, 6.07) is 4.10. The molecule has 1 aromatic carbocycles. The molecule has 0 fully saturated rings. The van der Waals surface area contributed by atoms with Gasteiger partial charge in [0.2, 0.25) is 5.91 Å². The molecule has 1 aliphatic rings. The van der Waals surface area contributed by atoms with Crippen LogP contribution in [0.2, 0.25) is 5.02 Å². The fraction of sp³-hybridized carbons (Fsp3) is 0.545. The van der Waals surface area contributed by atoms with Crippen LogP contribution in [0.15, 0.2) is 29.3 Å². The predicted molar refractivity (Wildman–Crippen MR) is 112 cm³/mol. The van der Waals surface area contributed by atoms with E-state index in [1.807, 2.05) is 0 Å². The molecule has 154 valence electrons. The summed E-state index contributed by atoms with van der Waals surface area (Å²) >= 11 is 5.75. The summed E-state index contributed by atoms with van der Waals surface area (Å²) in [6.45, 7) is 2.81. The summed E-state index contributed by atoms with van der Waals surface area (Å²) in [6.07, 6.45) is 9.78. The third-order valence-corrected chi connectivity index (χ3v) is 5.25. The van der Waals surface area contributed by atoms with Crippen LogP contribution in [0.3, 0.4) is 0 Å². The zero-order valence-corrected chi connectivity index (χ0v) is 17.3. The molecule has 28 heavy (non-hydrogen) atoms. The summed E-state index contributed by atoms with van der Waals surface area (Å²) in [7, 11) is 0. The third-order valence-electron chi connectivity index (χ3n) is 5.01. The molecular weight excluding hydrogens is 379 g/mol. The Labute approximate surface area is 171 Å². The predicted octanol–water partition coefficient (Wildman–Crippen LogP) is 5.76. The smallest absolute Gasteiger partial charge is 0.252 e. The first-order valence-electron chi connectivity index (χ1n) is 10.3. The highest BCUT2D eigenvalue weighted by Crippen LogP contribution is 2.27. The summed E-state index contributed by atoms with van der Waals surface area (Å²) in [5.41, 5.74) is 1.06. The molecule has 0 spiro atoms. The van der Waals surface area contributed by atoms with Gasteiger partial charge in [-0.3, -0.25) is 9.59 Å². The molecule has 1 aliphatic carbocycles. The molecule has 0 radical (unpaired) electrons. The van der Waals surface area contributed by atoms with Gasteiger partial charge in [0.25, 0.3) is 5.91 Å². The van der Waals surface area contributed by atoms with Crippen molar-refractivity contribution >= 4 is 29.1 Å². The van der Waals surface area contributed by atoms with Crippen LogP contribution in [-0.4, -0.2) is 18.4 Å². The van der Waals surface area contributed by atoms with Crippen molar-refractivity contribution in [2.24, 2.45) is 0 Å². The van der Waals surface area contributed by atoms with Gasteiger partial charge >= 0.3 is 0 Å². The number of halogens is 2. The molecule has 0 heterocycles. The lowest BCUT2D eigenvalue weighted by atomic mass is 9.90. The monoisotopic (exact) mass is 408 g/mol. The van der Waals surface area contributed by atoms with E-state index in [-0.39, 0.29) is 16.6 Å². The molecule has 2 rings (SSSR count). The zero-order chi connectivity index (χ0) is 20.4. The first-order valence-corrected chi connectivity index (χ1v) is 10.7. The van der Waals surface area contributed by atoms with Gasteiger partial charge in [-0.05, 0) is 50.3 Å². The van der Waals surface area contributed by atoms with Crippen molar-refractivity contribution in [1.82, 2.24) is 5.32 Å². The fourth-order valence-electron chi connectivity index (χ4n) is 3.41. The SMILES string of the molecule is CCCCCCCCNC(=O)C1=C(C(=O)Nc2ccc(Cl)cc2F)CCCC1. The lowest BCUT2D eigenvalue weighted by Gasteiger charge is -2.20. The largest absolute Gasteiger partial charge is 0.352 e. The van der Waals surface area contributed by atoms with Gasteiger partial charge in [-0.25, -0.2) is 4.39 Å². The number of rotatable bonds is 10. The van der Waals surface area contributed by atoms with E-state index in [2.05, 4.69) is 17.6 Å². The second-order valence-electron chi connectivity index (χ2n) is 7.27. The second-order valence-corrected chi connectivity index (χ2v) is 7.70. The first-order chi connectivity index (χ1) is 13.5. The minimum Gasteiger partial charge on any atom is -0.352 e. The third kappa shape index (κ3) is 6.93. The first kappa shape index (κ1) is 22.4. The molecule has 2 amide bonds. The summed E-state index contributed by atoms with van der Waals surface area (Å²) in [4.78, 5) is 25.2. The molecule has 6 heteroatoms. The summed E-state index contributed by atoms with van der Waals surface area (Å²) in [5.74, 6) is -1.17. The number of carbonyl (C=O) groups is 2. The molecule has 0 aromatic heterocycles. The second kappa shape index (κ2) is 11.8. The van der Waals surface area contributed by atoms with Crippen molar-refractivity contribution in [1.29, 1.82) is 0 Å². The Balaban J connectivity index is 1.93. The van der Waals surface area contributed by atoms with Gasteiger partial charge in [0.05, 0.1) is 5.69 Å². The van der Waals surface area contributed by atoms with E-state index in [0.717, 1.165) is 31.7 Å².